The summed E-state index contributed by atoms with van der Waals surface area (Å²) in [6.45, 7) is 3.83. The molecule has 2 atom stereocenters. The van der Waals surface area contributed by atoms with Crippen molar-refractivity contribution < 1.29 is 14.4 Å². The Morgan fingerprint density at radius 1 is 1.30 bits per heavy atom. The molecule has 1 aliphatic rings. The van der Waals surface area contributed by atoms with Crippen molar-refractivity contribution >= 4 is 11.8 Å². The van der Waals surface area contributed by atoms with E-state index < -0.39 is 5.97 Å². The lowest BCUT2D eigenvalue weighted by atomic mass is 10.1. The first kappa shape index (κ1) is 19.6. The Balaban J connectivity index is 2.31. The summed E-state index contributed by atoms with van der Waals surface area (Å²) in [5.74, 6) is -0.253. The van der Waals surface area contributed by atoms with E-state index in [2.05, 4.69) is 24.1 Å². The number of rotatable bonds is 12. The first-order valence-corrected chi connectivity index (χ1v) is 8.75. The molecular formula is C18H31N3O2. The Morgan fingerprint density at radius 2 is 2.00 bits per heavy atom. The molecule has 0 aromatic carbocycles. The summed E-state index contributed by atoms with van der Waals surface area (Å²) in [6, 6.07) is 0. The van der Waals surface area contributed by atoms with E-state index >= 15 is 0 Å². The smallest absolute Gasteiger partial charge is 0.209 e. The van der Waals surface area contributed by atoms with Crippen molar-refractivity contribution in [2.24, 2.45) is 10.7 Å². The van der Waals surface area contributed by atoms with Crippen molar-refractivity contribution in [1.82, 2.24) is 0 Å². The van der Waals surface area contributed by atoms with Gasteiger partial charge in [-0.25, -0.2) is 9.48 Å². The summed E-state index contributed by atoms with van der Waals surface area (Å²) >= 11 is 0. The molecule has 1 rings (SSSR count). The summed E-state index contributed by atoms with van der Waals surface area (Å²) in [6.07, 6.45) is 16.5. The van der Waals surface area contributed by atoms with Crippen molar-refractivity contribution in [2.75, 3.05) is 6.54 Å². The largest absolute Gasteiger partial charge is 0.544 e. The molecule has 2 N–H and O–H groups in total. The van der Waals surface area contributed by atoms with Gasteiger partial charge in [-0.1, -0.05) is 38.3 Å². The molecular weight excluding hydrogens is 290 g/mol. The molecule has 0 saturated heterocycles. The maximum Gasteiger partial charge on any atom is 0.209 e. The van der Waals surface area contributed by atoms with Gasteiger partial charge in [0.1, 0.15) is 18.9 Å². The number of carbonyl (C=O) groups is 1. The summed E-state index contributed by atoms with van der Waals surface area (Å²) in [7, 11) is 0. The Kier molecular flexibility index (Phi) is 8.81. The summed E-state index contributed by atoms with van der Waals surface area (Å²) in [5.41, 5.74) is 6.02. The van der Waals surface area contributed by atoms with E-state index in [-0.39, 0.29) is 17.2 Å². The SMILES string of the molecule is CC/C=C/CCCCCCCC1=NC=C[N+]1(CC(=O)[O-])C(C)N. The van der Waals surface area contributed by atoms with E-state index in [0.29, 0.717) is 0 Å². The molecule has 1 heterocycles. The highest BCUT2D eigenvalue weighted by atomic mass is 16.4. The standard InChI is InChI=1S/C18H31N3O2/c1-3-4-5-6-7-8-9-10-11-12-17-20-13-14-21(17,16(2)19)15-18(22)23/h4-5,13-14,16H,3,6-12,15,19H2,1-2H3/b5-4+. The third-order valence-corrected chi connectivity index (χ3v) is 4.33. The zero-order valence-electron chi connectivity index (χ0n) is 14.5. The number of carboxylic acids is 1. The van der Waals surface area contributed by atoms with E-state index in [4.69, 9.17) is 5.73 Å². The lowest BCUT2D eigenvalue weighted by molar-refractivity contribution is -0.808. The van der Waals surface area contributed by atoms with Crippen LogP contribution in [0.15, 0.2) is 29.5 Å². The second kappa shape index (κ2) is 10.3. The fourth-order valence-electron chi connectivity index (χ4n) is 2.94. The van der Waals surface area contributed by atoms with Crippen LogP contribution in [0.5, 0.6) is 0 Å². The molecule has 0 spiro atoms. The molecule has 0 aromatic rings. The Morgan fingerprint density at radius 3 is 2.65 bits per heavy atom. The Hall–Kier alpha value is -1.46. The Bertz CT molecular complexity index is 455. The predicted octanol–water partition coefficient (Wildman–Crippen LogP) is 2.44. The van der Waals surface area contributed by atoms with Crippen LogP contribution in [0.3, 0.4) is 0 Å². The lowest BCUT2D eigenvalue weighted by Crippen LogP contribution is -2.60. The number of amidine groups is 1. The molecule has 23 heavy (non-hydrogen) atoms. The molecule has 5 nitrogen and oxygen atoms in total. The van der Waals surface area contributed by atoms with Gasteiger partial charge in [-0.3, -0.25) is 5.73 Å². The zero-order chi connectivity index (χ0) is 17.1. The molecule has 5 heteroatoms. The lowest BCUT2D eigenvalue weighted by Gasteiger charge is -2.36. The van der Waals surface area contributed by atoms with Gasteiger partial charge in [0.15, 0.2) is 0 Å². The number of aliphatic carboxylic acids is 1. The van der Waals surface area contributed by atoms with Gasteiger partial charge in [0.25, 0.3) is 0 Å². The molecule has 0 amide bonds. The van der Waals surface area contributed by atoms with Gasteiger partial charge in [-0.2, -0.15) is 0 Å². The van der Waals surface area contributed by atoms with Crippen LogP contribution >= 0.6 is 0 Å². The van der Waals surface area contributed by atoms with Crippen molar-refractivity contribution in [3.63, 3.8) is 0 Å². The molecule has 1 aliphatic heterocycles. The van der Waals surface area contributed by atoms with Gasteiger partial charge in [-0.15, -0.1) is 0 Å². The first-order valence-electron chi connectivity index (χ1n) is 8.75. The minimum absolute atomic E-state index is 0.101. The fraction of sp³-hybridized carbons (Fsp3) is 0.667. The molecule has 0 radical (unpaired) electrons. The highest BCUT2D eigenvalue weighted by molar-refractivity contribution is 5.81. The van der Waals surface area contributed by atoms with Gasteiger partial charge >= 0.3 is 0 Å². The number of carbonyl (C=O) groups excluding carboxylic acids is 1. The quantitative estimate of drug-likeness (QED) is 0.341. The third kappa shape index (κ3) is 6.28. The average Bonchev–Trinajstić information content (AvgIpc) is 2.89. The topological polar surface area (TPSA) is 78.5 Å². The maximum atomic E-state index is 11.1. The van der Waals surface area contributed by atoms with Crippen molar-refractivity contribution in [1.29, 1.82) is 0 Å². The van der Waals surface area contributed by atoms with Crippen molar-refractivity contribution in [2.45, 2.75) is 71.4 Å². The van der Waals surface area contributed by atoms with Crippen LogP contribution in [0.4, 0.5) is 0 Å². The minimum atomic E-state index is -1.10. The van der Waals surface area contributed by atoms with E-state index in [1.165, 1.54) is 25.7 Å². The van der Waals surface area contributed by atoms with Crippen molar-refractivity contribution in [3.05, 3.63) is 24.6 Å². The highest BCUT2D eigenvalue weighted by Crippen LogP contribution is 2.23. The van der Waals surface area contributed by atoms with Crippen LogP contribution in [0.25, 0.3) is 0 Å². The van der Waals surface area contributed by atoms with Gasteiger partial charge < -0.3 is 9.90 Å². The van der Waals surface area contributed by atoms with Gasteiger partial charge in [-0.05, 0) is 25.7 Å². The maximum absolute atomic E-state index is 11.1. The van der Waals surface area contributed by atoms with E-state index in [0.717, 1.165) is 31.5 Å². The van der Waals surface area contributed by atoms with E-state index in [1.54, 1.807) is 12.4 Å². The van der Waals surface area contributed by atoms with Crippen LogP contribution < -0.4 is 10.8 Å². The van der Waals surface area contributed by atoms with Gasteiger partial charge in [0.05, 0.1) is 12.2 Å². The number of aliphatic imine (C=N–C) groups is 1. The average molecular weight is 321 g/mol. The van der Waals surface area contributed by atoms with Crippen molar-refractivity contribution in [3.8, 4) is 0 Å². The minimum Gasteiger partial charge on any atom is -0.544 e. The molecule has 0 bridgehead atoms. The molecule has 0 saturated carbocycles. The third-order valence-electron chi connectivity index (χ3n) is 4.33. The summed E-state index contributed by atoms with van der Waals surface area (Å²) in [5, 5.41) is 11.1. The molecule has 0 aliphatic carbocycles. The first-order chi connectivity index (χ1) is 11.0. The van der Waals surface area contributed by atoms with Crippen LogP contribution in [0, 0.1) is 0 Å². The number of nitrogens with two attached hydrogens (primary N) is 1. The fourth-order valence-corrected chi connectivity index (χ4v) is 2.94. The number of nitrogens with zero attached hydrogens (tertiary/aromatic N) is 2. The Labute approximate surface area is 140 Å². The van der Waals surface area contributed by atoms with Crippen LogP contribution in [0.2, 0.25) is 0 Å². The molecule has 0 fully saturated rings. The predicted molar refractivity (Wildman–Crippen MR) is 92.1 cm³/mol. The second-order valence-electron chi connectivity index (χ2n) is 6.23. The monoisotopic (exact) mass is 321 g/mol. The number of hydrogen-bond acceptors (Lipinski definition) is 4. The van der Waals surface area contributed by atoms with Gasteiger partial charge in [0, 0.05) is 13.3 Å². The zero-order valence-corrected chi connectivity index (χ0v) is 14.5. The van der Waals surface area contributed by atoms with Crippen LogP contribution in [-0.4, -0.2) is 29.0 Å². The number of hydrogen-bond donors (Lipinski definition) is 1. The molecule has 2 unspecified atom stereocenters. The summed E-state index contributed by atoms with van der Waals surface area (Å²) in [4.78, 5) is 15.4. The highest BCUT2D eigenvalue weighted by Gasteiger charge is 2.38. The van der Waals surface area contributed by atoms with E-state index in [9.17, 15) is 9.90 Å². The number of quaternary nitrogens is 1. The summed E-state index contributed by atoms with van der Waals surface area (Å²) < 4.78 is 0.101. The molecule has 130 valence electrons. The molecule has 0 aromatic heterocycles. The van der Waals surface area contributed by atoms with Gasteiger partial charge in [0.2, 0.25) is 5.84 Å². The number of carboxylic acid groups (broad SMARTS) is 1. The van der Waals surface area contributed by atoms with E-state index in [1.807, 2.05) is 6.92 Å². The second-order valence-corrected chi connectivity index (χ2v) is 6.23. The number of allylic oxidation sites excluding steroid dienone is 2. The van der Waals surface area contributed by atoms with Crippen LogP contribution in [-0.2, 0) is 4.79 Å². The normalized spacial score (nSPS) is 21.8. The van der Waals surface area contributed by atoms with Crippen LogP contribution in [0.1, 0.15) is 65.2 Å². The number of unbranched alkanes of at least 4 members (excludes halogenated alkanes) is 5.